The van der Waals surface area contributed by atoms with Crippen LogP contribution >= 0.6 is 0 Å². The van der Waals surface area contributed by atoms with Crippen molar-refractivity contribution in [2.75, 3.05) is 6.61 Å². The summed E-state index contributed by atoms with van der Waals surface area (Å²) >= 11 is 0. The molecule has 0 fully saturated rings. The number of ketones is 1. The van der Waals surface area contributed by atoms with Gasteiger partial charge >= 0.3 is 5.97 Å². The van der Waals surface area contributed by atoms with Crippen LogP contribution in [-0.4, -0.2) is 83.1 Å². The van der Waals surface area contributed by atoms with Crippen LogP contribution in [0.2, 0.25) is 0 Å². The Morgan fingerprint density at radius 2 is 1.72 bits per heavy atom. The van der Waals surface area contributed by atoms with Gasteiger partial charge in [-0.25, -0.2) is 4.79 Å². The van der Waals surface area contributed by atoms with Crippen LogP contribution in [0.15, 0.2) is 24.3 Å². The van der Waals surface area contributed by atoms with Crippen LogP contribution < -0.4 is 0 Å². The number of hydrogen-bond acceptors (Lipinski definition) is 9. The normalized spacial score (nSPS) is 17.6. The van der Waals surface area contributed by atoms with Crippen molar-refractivity contribution in [1.82, 2.24) is 0 Å². The van der Waals surface area contributed by atoms with Gasteiger partial charge in [0.2, 0.25) is 5.78 Å². The third kappa shape index (κ3) is 4.32. The van der Waals surface area contributed by atoms with E-state index in [2.05, 4.69) is 0 Å². The molecule has 10 heteroatoms. The largest absolute Gasteiger partial charge is 0.504 e. The highest BCUT2D eigenvalue weighted by Crippen LogP contribution is 2.26. The molecule has 0 saturated carbocycles. The molecule has 0 radical (unpaired) electrons. The second-order valence-corrected chi connectivity index (χ2v) is 5.20. The molecule has 0 aliphatic carbocycles. The SMILES string of the molecule is O=C(O)[C@@](O)(C(=O)/C=C/c1ccc(O)c(O)c1)[C@@H](O)[C@H](O)[C@H](O)CO. The number of carbonyl (C=O) groups is 2. The van der Waals surface area contributed by atoms with Crippen LogP contribution in [0.25, 0.3) is 6.08 Å². The van der Waals surface area contributed by atoms with E-state index in [1.807, 2.05) is 0 Å². The van der Waals surface area contributed by atoms with Crippen molar-refractivity contribution in [3.05, 3.63) is 29.8 Å². The summed E-state index contributed by atoms with van der Waals surface area (Å²) < 4.78 is 0. The molecule has 4 atom stereocenters. The smallest absolute Gasteiger partial charge is 0.346 e. The van der Waals surface area contributed by atoms with Crippen LogP contribution in [0.5, 0.6) is 11.5 Å². The first kappa shape index (κ1) is 20.5. The number of carboxylic acid groups (broad SMARTS) is 1. The Balaban J connectivity index is 3.12. The lowest BCUT2D eigenvalue weighted by Gasteiger charge is -2.31. The molecule has 0 amide bonds. The van der Waals surface area contributed by atoms with Gasteiger partial charge in [-0.3, -0.25) is 4.79 Å². The molecule has 0 heterocycles. The van der Waals surface area contributed by atoms with E-state index in [0.29, 0.717) is 6.08 Å². The lowest BCUT2D eigenvalue weighted by atomic mass is 9.86. The monoisotopic (exact) mass is 358 g/mol. The molecule has 0 aromatic heterocycles. The summed E-state index contributed by atoms with van der Waals surface area (Å²) in [7, 11) is 0. The Morgan fingerprint density at radius 1 is 1.12 bits per heavy atom. The fourth-order valence-electron chi connectivity index (χ4n) is 1.89. The summed E-state index contributed by atoms with van der Waals surface area (Å²) in [6.07, 6.45) is -5.40. The summed E-state index contributed by atoms with van der Waals surface area (Å²) in [5.41, 5.74) is -3.34. The fourth-order valence-corrected chi connectivity index (χ4v) is 1.89. The van der Waals surface area contributed by atoms with Crippen molar-refractivity contribution in [3.8, 4) is 11.5 Å². The Labute approximate surface area is 141 Å². The number of aliphatic carboxylic acids is 1. The molecule has 25 heavy (non-hydrogen) atoms. The van der Waals surface area contributed by atoms with Crippen molar-refractivity contribution < 1.29 is 50.4 Å². The molecule has 0 aliphatic heterocycles. The zero-order valence-electron chi connectivity index (χ0n) is 12.7. The molecule has 0 aliphatic rings. The van der Waals surface area contributed by atoms with E-state index in [-0.39, 0.29) is 5.56 Å². The average molecular weight is 358 g/mol. The molecular formula is C15H18O10. The van der Waals surface area contributed by atoms with Crippen molar-refractivity contribution in [3.63, 3.8) is 0 Å². The second-order valence-electron chi connectivity index (χ2n) is 5.20. The minimum absolute atomic E-state index is 0.154. The van der Waals surface area contributed by atoms with Crippen molar-refractivity contribution in [2.24, 2.45) is 0 Å². The molecule has 8 N–H and O–H groups in total. The summed E-state index contributed by atoms with van der Waals surface area (Å²) in [5.74, 6) is -4.66. The van der Waals surface area contributed by atoms with Gasteiger partial charge in [-0.2, -0.15) is 0 Å². The van der Waals surface area contributed by atoms with Gasteiger partial charge in [0.05, 0.1) is 6.61 Å². The maximum atomic E-state index is 12.0. The third-order valence-corrected chi connectivity index (χ3v) is 3.46. The van der Waals surface area contributed by atoms with Crippen molar-refractivity contribution >= 4 is 17.8 Å². The van der Waals surface area contributed by atoms with Gasteiger partial charge in [0.15, 0.2) is 11.5 Å². The fraction of sp³-hybridized carbons (Fsp3) is 0.333. The number of hydrogen-bond donors (Lipinski definition) is 8. The molecule has 138 valence electrons. The molecule has 1 aromatic carbocycles. The predicted octanol–water partition coefficient (Wildman–Crippen LogP) is -2.43. The lowest BCUT2D eigenvalue weighted by Crippen LogP contribution is -2.62. The predicted molar refractivity (Wildman–Crippen MR) is 81.5 cm³/mol. The molecule has 0 spiro atoms. The number of carbonyl (C=O) groups excluding carboxylic acids is 1. The number of phenols is 2. The molecule has 1 rings (SSSR count). The number of aliphatic hydroxyl groups excluding tert-OH is 4. The third-order valence-electron chi connectivity index (χ3n) is 3.46. The number of rotatable bonds is 8. The average Bonchev–Trinajstić information content (AvgIpc) is 2.59. The highest BCUT2D eigenvalue weighted by Gasteiger charge is 2.53. The summed E-state index contributed by atoms with van der Waals surface area (Å²) in [6, 6.07) is 3.40. The highest BCUT2D eigenvalue weighted by molar-refractivity contribution is 6.13. The summed E-state index contributed by atoms with van der Waals surface area (Å²) in [6.45, 7) is -1.05. The number of aromatic hydroxyl groups is 2. The van der Waals surface area contributed by atoms with Gasteiger partial charge < -0.3 is 40.9 Å². The Kier molecular flexibility index (Phi) is 6.62. The highest BCUT2D eigenvalue weighted by atomic mass is 16.4. The molecule has 10 nitrogen and oxygen atoms in total. The van der Waals surface area contributed by atoms with Crippen LogP contribution in [0, 0.1) is 0 Å². The quantitative estimate of drug-likeness (QED) is 0.140. The maximum absolute atomic E-state index is 12.0. The van der Waals surface area contributed by atoms with E-state index in [9.17, 15) is 35.1 Å². The zero-order valence-corrected chi connectivity index (χ0v) is 12.7. The number of aliphatic hydroxyl groups is 5. The first-order chi connectivity index (χ1) is 11.5. The van der Waals surface area contributed by atoms with E-state index < -0.39 is 53.8 Å². The topological polar surface area (TPSA) is 196 Å². The first-order valence-electron chi connectivity index (χ1n) is 6.91. The van der Waals surface area contributed by atoms with Crippen molar-refractivity contribution in [2.45, 2.75) is 23.9 Å². The van der Waals surface area contributed by atoms with Gasteiger partial charge in [-0.15, -0.1) is 0 Å². The Morgan fingerprint density at radius 3 is 2.20 bits per heavy atom. The molecule has 0 bridgehead atoms. The van der Waals surface area contributed by atoms with Gasteiger partial charge in [0.1, 0.15) is 18.3 Å². The Hall–Kier alpha value is -2.50. The number of carboxylic acids is 1. The van der Waals surface area contributed by atoms with Crippen LogP contribution in [0.1, 0.15) is 5.56 Å². The summed E-state index contributed by atoms with van der Waals surface area (Å²) in [5, 5.41) is 74.9. The summed E-state index contributed by atoms with van der Waals surface area (Å²) in [4.78, 5) is 23.3. The standard InChI is InChI=1S/C15H18O10/c16-6-10(19)12(21)13(22)15(25,14(23)24)11(20)4-2-7-1-3-8(17)9(18)5-7/h1-5,10,12-13,16-19,21-22,25H,6H2,(H,23,24)/b4-2+/t10-,12-,13+,15-/m1/s1. The van der Waals surface area contributed by atoms with E-state index >= 15 is 0 Å². The van der Waals surface area contributed by atoms with Gasteiger partial charge in [-0.1, -0.05) is 12.1 Å². The number of benzene rings is 1. The van der Waals surface area contributed by atoms with Gasteiger partial charge in [0, 0.05) is 0 Å². The molecule has 0 saturated heterocycles. The van der Waals surface area contributed by atoms with E-state index in [4.69, 9.17) is 15.3 Å². The molecule has 1 aromatic rings. The van der Waals surface area contributed by atoms with E-state index in [0.717, 1.165) is 18.2 Å². The van der Waals surface area contributed by atoms with Gasteiger partial charge in [0.25, 0.3) is 5.60 Å². The maximum Gasteiger partial charge on any atom is 0.346 e. The van der Waals surface area contributed by atoms with E-state index in [1.165, 1.54) is 6.07 Å². The molecular weight excluding hydrogens is 340 g/mol. The minimum atomic E-state index is -3.50. The lowest BCUT2D eigenvalue weighted by molar-refractivity contribution is -0.191. The number of phenolic OH excluding ortho intramolecular Hbond substituents is 2. The van der Waals surface area contributed by atoms with Crippen LogP contribution in [0.4, 0.5) is 0 Å². The first-order valence-corrected chi connectivity index (χ1v) is 6.91. The van der Waals surface area contributed by atoms with Crippen LogP contribution in [0.3, 0.4) is 0 Å². The minimum Gasteiger partial charge on any atom is -0.504 e. The zero-order chi connectivity index (χ0) is 19.4. The van der Waals surface area contributed by atoms with Crippen LogP contribution in [-0.2, 0) is 9.59 Å². The second kappa shape index (κ2) is 8.05. The Bertz CT molecular complexity index is 670. The van der Waals surface area contributed by atoms with E-state index in [1.54, 1.807) is 0 Å². The van der Waals surface area contributed by atoms with Crippen molar-refractivity contribution in [1.29, 1.82) is 0 Å². The molecule has 0 unspecified atom stereocenters. The van der Waals surface area contributed by atoms with Gasteiger partial charge in [-0.05, 0) is 23.8 Å².